The molecule has 0 saturated heterocycles. The van der Waals surface area contributed by atoms with Crippen LogP contribution in [0.1, 0.15) is 55.6 Å². The van der Waals surface area contributed by atoms with Gasteiger partial charge in [-0.25, -0.2) is 0 Å². The number of hydrogen-bond acceptors (Lipinski definition) is 2. The monoisotopic (exact) mass is 821 g/mol. The van der Waals surface area contributed by atoms with Crippen molar-refractivity contribution in [2.75, 3.05) is 4.90 Å². The lowest BCUT2D eigenvalue weighted by Gasteiger charge is -2.31. The molecule has 9 aromatic carbocycles. The van der Waals surface area contributed by atoms with Crippen LogP contribution in [0.5, 0.6) is 0 Å². The van der Waals surface area contributed by atoms with Crippen LogP contribution in [0.25, 0.3) is 83.5 Å². The Kier molecular flexibility index (Phi) is 8.91. The summed E-state index contributed by atoms with van der Waals surface area (Å²) in [5.41, 5.74) is 20.3. The summed E-state index contributed by atoms with van der Waals surface area (Å²) in [7, 11) is 0. The highest BCUT2D eigenvalue weighted by Gasteiger charge is 2.37. The summed E-state index contributed by atoms with van der Waals surface area (Å²) in [5, 5.41) is 3.67. The van der Waals surface area contributed by atoms with Crippen LogP contribution in [0.2, 0.25) is 0 Å². The van der Waals surface area contributed by atoms with Crippen molar-refractivity contribution in [1.29, 1.82) is 0 Å². The molecule has 0 saturated carbocycles. The molecular weight excluding hydrogens is 775 g/mol. The lowest BCUT2D eigenvalue weighted by atomic mass is 9.82. The molecule has 0 aliphatic heterocycles. The molecule has 1 aromatic heterocycles. The Balaban J connectivity index is 1.13. The Bertz CT molecular complexity index is 3470. The second kappa shape index (κ2) is 15.0. The number of para-hydroxylation sites is 2. The van der Waals surface area contributed by atoms with Gasteiger partial charge in [0.2, 0.25) is 0 Å². The van der Waals surface area contributed by atoms with E-state index in [1.807, 2.05) is 0 Å². The summed E-state index contributed by atoms with van der Waals surface area (Å²) in [5.74, 6) is 1.34. The number of rotatable bonds is 7. The predicted octanol–water partition coefficient (Wildman–Crippen LogP) is 17.6. The van der Waals surface area contributed by atoms with Crippen molar-refractivity contribution in [3.63, 3.8) is 0 Å². The maximum absolute atomic E-state index is 6.52. The fourth-order valence-electron chi connectivity index (χ4n) is 11.0. The van der Waals surface area contributed by atoms with E-state index in [1.165, 1.54) is 77.4 Å². The van der Waals surface area contributed by atoms with Crippen LogP contribution in [0.15, 0.2) is 211 Å². The normalized spacial score (nSPS) is 14.6. The molecule has 0 spiro atoms. The van der Waals surface area contributed by atoms with Crippen molar-refractivity contribution >= 4 is 44.9 Å². The Morgan fingerprint density at radius 1 is 0.484 bits per heavy atom. The topological polar surface area (TPSA) is 16.4 Å². The van der Waals surface area contributed by atoms with Gasteiger partial charge < -0.3 is 9.32 Å². The number of anilines is 3. The standard InChI is InChI=1S/C62H47NO/c1-40-19-13-37-56-58(40)61-46(30-18-38-57(61)64-56)43-24-14-25-44(39-43)63(55-36-12-9-27-48(55)50-32-17-34-53-60(50)51-28-7-10-33-52(51)62(53,2)3)54-35-11-8-26-47(54)49-31-16-23-42-22-15-29-45(59(42)49)41-20-5-4-6-21-41/h4-18,20-40H,19H2,1-3H3. The first-order chi connectivity index (χ1) is 31.5. The summed E-state index contributed by atoms with van der Waals surface area (Å²) in [6.45, 7) is 7.05. The molecule has 0 bridgehead atoms. The molecular formula is C62H47NO. The molecule has 12 rings (SSSR count). The highest BCUT2D eigenvalue weighted by atomic mass is 16.3. The molecule has 1 unspecified atom stereocenters. The van der Waals surface area contributed by atoms with Crippen molar-refractivity contribution < 1.29 is 4.42 Å². The van der Waals surface area contributed by atoms with Crippen LogP contribution in [-0.2, 0) is 5.41 Å². The SMILES string of the molecule is CC1CC=Cc2oc3cccc(-c4cccc(N(c5ccccc5-c5cccc6c5-c5ccccc5C6(C)C)c5ccccc5-c5cccc6cccc(-c7ccccc7)c56)c4)c3c21. The number of allylic oxidation sites excluding steroid dienone is 1. The van der Waals surface area contributed by atoms with Gasteiger partial charge in [-0.1, -0.05) is 197 Å². The van der Waals surface area contributed by atoms with Crippen molar-refractivity contribution in [2.24, 2.45) is 0 Å². The Hall–Kier alpha value is -7.68. The van der Waals surface area contributed by atoms with Gasteiger partial charge in [-0.15, -0.1) is 0 Å². The van der Waals surface area contributed by atoms with E-state index in [2.05, 4.69) is 238 Å². The Morgan fingerprint density at radius 3 is 1.83 bits per heavy atom. The fraction of sp³-hybridized carbons (Fsp3) is 0.0968. The minimum atomic E-state index is -0.122. The summed E-state index contributed by atoms with van der Waals surface area (Å²) in [4.78, 5) is 2.51. The third-order valence-electron chi connectivity index (χ3n) is 13.9. The molecule has 1 heterocycles. The Morgan fingerprint density at radius 2 is 1.05 bits per heavy atom. The summed E-state index contributed by atoms with van der Waals surface area (Å²) >= 11 is 0. The zero-order valence-electron chi connectivity index (χ0n) is 36.3. The van der Waals surface area contributed by atoms with E-state index >= 15 is 0 Å². The molecule has 0 amide bonds. The molecule has 1 atom stereocenters. The molecule has 10 aromatic rings. The third kappa shape index (κ3) is 5.93. The van der Waals surface area contributed by atoms with E-state index < -0.39 is 0 Å². The molecule has 2 heteroatoms. The highest BCUT2D eigenvalue weighted by molar-refractivity contribution is 6.10. The zero-order chi connectivity index (χ0) is 42.9. The zero-order valence-corrected chi connectivity index (χ0v) is 36.3. The molecule has 2 aliphatic carbocycles. The van der Waals surface area contributed by atoms with Gasteiger partial charge in [-0.05, 0) is 115 Å². The largest absolute Gasteiger partial charge is 0.456 e. The predicted molar refractivity (Wildman–Crippen MR) is 270 cm³/mol. The fourth-order valence-corrected chi connectivity index (χ4v) is 11.0. The van der Waals surface area contributed by atoms with Crippen molar-refractivity contribution in [2.45, 2.75) is 38.5 Å². The lowest BCUT2D eigenvalue weighted by Crippen LogP contribution is -2.15. The Labute approximate surface area is 375 Å². The average molecular weight is 822 g/mol. The second-order valence-electron chi connectivity index (χ2n) is 18.0. The van der Waals surface area contributed by atoms with Gasteiger partial charge in [0.25, 0.3) is 0 Å². The minimum absolute atomic E-state index is 0.122. The second-order valence-corrected chi connectivity index (χ2v) is 18.0. The number of nitrogens with zero attached hydrogens (tertiary/aromatic N) is 1. The van der Waals surface area contributed by atoms with Gasteiger partial charge in [0, 0.05) is 33.2 Å². The quantitative estimate of drug-likeness (QED) is 0.159. The van der Waals surface area contributed by atoms with Crippen LogP contribution in [0.4, 0.5) is 17.1 Å². The first kappa shape index (κ1) is 38.0. The first-order valence-corrected chi connectivity index (χ1v) is 22.6. The summed E-state index contributed by atoms with van der Waals surface area (Å²) < 4.78 is 6.52. The smallest absolute Gasteiger partial charge is 0.135 e. The average Bonchev–Trinajstić information content (AvgIpc) is 3.85. The maximum Gasteiger partial charge on any atom is 0.135 e. The van der Waals surface area contributed by atoms with Crippen LogP contribution in [0.3, 0.4) is 0 Å². The molecule has 2 nitrogen and oxygen atoms in total. The highest BCUT2D eigenvalue weighted by Crippen LogP contribution is 2.55. The lowest BCUT2D eigenvalue weighted by molar-refractivity contribution is 0.586. The van der Waals surface area contributed by atoms with Crippen LogP contribution >= 0.6 is 0 Å². The molecule has 0 radical (unpaired) electrons. The van der Waals surface area contributed by atoms with Crippen molar-refractivity contribution in [3.8, 4) is 55.6 Å². The number of furan rings is 1. The van der Waals surface area contributed by atoms with Crippen molar-refractivity contribution in [3.05, 3.63) is 229 Å². The van der Waals surface area contributed by atoms with Gasteiger partial charge in [-0.3, -0.25) is 0 Å². The summed E-state index contributed by atoms with van der Waals surface area (Å²) in [6, 6.07) is 73.8. The van der Waals surface area contributed by atoms with Gasteiger partial charge in [0.05, 0.1) is 11.4 Å². The van der Waals surface area contributed by atoms with Gasteiger partial charge in [0.1, 0.15) is 11.3 Å². The number of fused-ring (bicyclic) bond motifs is 7. The maximum atomic E-state index is 6.52. The van der Waals surface area contributed by atoms with Gasteiger partial charge >= 0.3 is 0 Å². The van der Waals surface area contributed by atoms with Crippen LogP contribution < -0.4 is 4.90 Å². The molecule has 0 fully saturated rings. The van der Waals surface area contributed by atoms with Crippen LogP contribution in [0, 0.1) is 0 Å². The number of hydrogen-bond donors (Lipinski definition) is 0. The molecule has 2 aliphatic rings. The number of benzene rings is 9. The van der Waals surface area contributed by atoms with E-state index in [0.29, 0.717) is 5.92 Å². The van der Waals surface area contributed by atoms with Crippen molar-refractivity contribution in [1.82, 2.24) is 0 Å². The minimum Gasteiger partial charge on any atom is -0.456 e. The third-order valence-corrected chi connectivity index (χ3v) is 13.9. The van der Waals surface area contributed by atoms with E-state index in [-0.39, 0.29) is 5.41 Å². The molecule has 0 N–H and O–H groups in total. The van der Waals surface area contributed by atoms with Gasteiger partial charge in [0.15, 0.2) is 0 Å². The van der Waals surface area contributed by atoms with E-state index in [1.54, 1.807) is 0 Å². The van der Waals surface area contributed by atoms with Crippen LogP contribution in [-0.4, -0.2) is 0 Å². The first-order valence-electron chi connectivity index (χ1n) is 22.6. The van der Waals surface area contributed by atoms with E-state index in [4.69, 9.17) is 4.42 Å². The van der Waals surface area contributed by atoms with Gasteiger partial charge in [-0.2, -0.15) is 0 Å². The van der Waals surface area contributed by atoms with E-state index in [9.17, 15) is 0 Å². The van der Waals surface area contributed by atoms with E-state index in [0.717, 1.165) is 46.0 Å². The molecule has 64 heavy (non-hydrogen) atoms. The summed E-state index contributed by atoms with van der Waals surface area (Å²) in [6.07, 6.45) is 5.40. The molecule has 306 valence electrons.